The summed E-state index contributed by atoms with van der Waals surface area (Å²) in [5.74, 6) is 0. The number of ether oxygens (including phenoxy) is 1. The molecule has 2 heterocycles. The van der Waals surface area contributed by atoms with Gasteiger partial charge in [0.2, 0.25) is 0 Å². The molecule has 2 aliphatic heterocycles. The first-order valence-electron chi connectivity index (χ1n) is 6.68. The zero-order chi connectivity index (χ0) is 12.5. The molecule has 0 radical (unpaired) electrons. The van der Waals surface area contributed by atoms with Crippen LogP contribution in [0.15, 0.2) is 0 Å². The average Bonchev–Trinajstić information content (AvgIpc) is 2.86. The molecule has 1 amide bonds. The SMILES string of the molecule is CC(C)(C)OC(=O)N1CCC(N2CCCC2)C1. The molecule has 2 fully saturated rings. The van der Waals surface area contributed by atoms with Gasteiger partial charge in [0.1, 0.15) is 5.60 Å². The quantitative estimate of drug-likeness (QED) is 0.703. The molecule has 17 heavy (non-hydrogen) atoms. The first-order valence-corrected chi connectivity index (χ1v) is 6.68. The Morgan fingerprint density at radius 1 is 1.18 bits per heavy atom. The van der Waals surface area contributed by atoms with Crippen molar-refractivity contribution in [2.45, 2.75) is 51.7 Å². The second-order valence-corrected chi connectivity index (χ2v) is 6.11. The van der Waals surface area contributed by atoms with Gasteiger partial charge in [-0.2, -0.15) is 0 Å². The van der Waals surface area contributed by atoms with Crippen LogP contribution in [0.5, 0.6) is 0 Å². The summed E-state index contributed by atoms with van der Waals surface area (Å²) in [6, 6.07) is 0.560. The van der Waals surface area contributed by atoms with Gasteiger partial charge in [0.05, 0.1) is 0 Å². The van der Waals surface area contributed by atoms with E-state index >= 15 is 0 Å². The topological polar surface area (TPSA) is 32.8 Å². The predicted octanol–water partition coefficient (Wildman–Crippen LogP) is 2.09. The Bertz CT molecular complexity index is 280. The smallest absolute Gasteiger partial charge is 0.410 e. The van der Waals surface area contributed by atoms with Crippen LogP contribution in [0.2, 0.25) is 0 Å². The highest BCUT2D eigenvalue weighted by Gasteiger charge is 2.33. The number of amides is 1. The van der Waals surface area contributed by atoms with E-state index in [1.165, 1.54) is 25.9 Å². The van der Waals surface area contributed by atoms with Crippen molar-refractivity contribution in [3.8, 4) is 0 Å². The normalized spacial score (nSPS) is 26.5. The van der Waals surface area contributed by atoms with Crippen LogP contribution in [0, 0.1) is 0 Å². The molecule has 1 atom stereocenters. The monoisotopic (exact) mass is 240 g/mol. The number of likely N-dealkylation sites (tertiary alicyclic amines) is 2. The minimum atomic E-state index is -0.386. The zero-order valence-corrected chi connectivity index (χ0v) is 11.2. The van der Waals surface area contributed by atoms with Crippen LogP contribution in [0.3, 0.4) is 0 Å². The van der Waals surface area contributed by atoms with E-state index in [0.29, 0.717) is 6.04 Å². The maximum absolute atomic E-state index is 11.9. The van der Waals surface area contributed by atoms with E-state index in [-0.39, 0.29) is 11.7 Å². The van der Waals surface area contributed by atoms with E-state index in [1.54, 1.807) is 0 Å². The highest BCUT2D eigenvalue weighted by Crippen LogP contribution is 2.22. The second kappa shape index (κ2) is 4.84. The number of nitrogens with zero attached hydrogens (tertiary/aromatic N) is 2. The summed E-state index contributed by atoms with van der Waals surface area (Å²) in [7, 11) is 0. The van der Waals surface area contributed by atoms with Gasteiger partial charge in [0.25, 0.3) is 0 Å². The fourth-order valence-electron chi connectivity index (χ4n) is 2.64. The van der Waals surface area contributed by atoms with Crippen LogP contribution < -0.4 is 0 Å². The van der Waals surface area contributed by atoms with Gasteiger partial charge in [-0.3, -0.25) is 4.90 Å². The molecule has 2 saturated heterocycles. The Labute approximate surface area is 104 Å². The molecule has 0 aliphatic carbocycles. The fraction of sp³-hybridized carbons (Fsp3) is 0.923. The Balaban J connectivity index is 1.82. The van der Waals surface area contributed by atoms with Gasteiger partial charge >= 0.3 is 6.09 Å². The first kappa shape index (κ1) is 12.7. The Kier molecular flexibility index (Phi) is 3.61. The van der Waals surface area contributed by atoms with Gasteiger partial charge in [-0.05, 0) is 53.1 Å². The molecule has 2 rings (SSSR count). The van der Waals surface area contributed by atoms with Crippen LogP contribution in [0.4, 0.5) is 4.79 Å². The number of hydrogen-bond acceptors (Lipinski definition) is 3. The third-order valence-electron chi connectivity index (χ3n) is 3.47. The minimum Gasteiger partial charge on any atom is -0.444 e. The standard InChI is InChI=1S/C13H24N2O2/c1-13(2,3)17-12(16)15-9-6-11(10-15)14-7-4-5-8-14/h11H,4-10H2,1-3H3. The first-order chi connectivity index (χ1) is 7.96. The number of hydrogen-bond donors (Lipinski definition) is 0. The predicted molar refractivity (Wildman–Crippen MR) is 67.0 cm³/mol. The maximum Gasteiger partial charge on any atom is 0.410 e. The number of carbonyl (C=O) groups excluding carboxylic acids is 1. The van der Waals surface area contributed by atoms with E-state index in [9.17, 15) is 4.79 Å². The summed E-state index contributed by atoms with van der Waals surface area (Å²) in [5.41, 5.74) is -0.386. The van der Waals surface area contributed by atoms with Crippen molar-refractivity contribution in [2.75, 3.05) is 26.2 Å². The largest absolute Gasteiger partial charge is 0.444 e. The summed E-state index contributed by atoms with van der Waals surface area (Å²) < 4.78 is 5.40. The molecule has 2 aliphatic rings. The van der Waals surface area contributed by atoms with Crippen molar-refractivity contribution in [2.24, 2.45) is 0 Å². The molecule has 0 saturated carbocycles. The number of rotatable bonds is 1. The Morgan fingerprint density at radius 3 is 2.41 bits per heavy atom. The lowest BCUT2D eigenvalue weighted by Crippen LogP contribution is -2.39. The van der Waals surface area contributed by atoms with Gasteiger partial charge in [0.15, 0.2) is 0 Å². The molecule has 0 aromatic carbocycles. The fourth-order valence-corrected chi connectivity index (χ4v) is 2.64. The van der Waals surface area contributed by atoms with Crippen molar-refractivity contribution < 1.29 is 9.53 Å². The van der Waals surface area contributed by atoms with Crippen LogP contribution in [-0.4, -0.2) is 53.7 Å². The van der Waals surface area contributed by atoms with Crippen LogP contribution in [-0.2, 0) is 4.74 Å². The van der Waals surface area contributed by atoms with Crippen molar-refractivity contribution >= 4 is 6.09 Å². The number of carbonyl (C=O) groups is 1. The maximum atomic E-state index is 11.9. The van der Waals surface area contributed by atoms with E-state index in [0.717, 1.165) is 19.5 Å². The van der Waals surface area contributed by atoms with Crippen LogP contribution >= 0.6 is 0 Å². The molecule has 0 aromatic heterocycles. The van der Waals surface area contributed by atoms with E-state index in [2.05, 4.69) is 4.90 Å². The molecule has 98 valence electrons. The van der Waals surface area contributed by atoms with Gasteiger partial charge < -0.3 is 9.64 Å². The Morgan fingerprint density at radius 2 is 1.82 bits per heavy atom. The van der Waals surface area contributed by atoms with Crippen LogP contribution in [0.25, 0.3) is 0 Å². The van der Waals surface area contributed by atoms with Gasteiger partial charge in [-0.25, -0.2) is 4.79 Å². The highest BCUT2D eigenvalue weighted by molar-refractivity contribution is 5.68. The second-order valence-electron chi connectivity index (χ2n) is 6.11. The minimum absolute atomic E-state index is 0.154. The molecular formula is C13H24N2O2. The van der Waals surface area contributed by atoms with E-state index in [4.69, 9.17) is 4.74 Å². The highest BCUT2D eigenvalue weighted by atomic mass is 16.6. The van der Waals surface area contributed by atoms with Gasteiger partial charge in [-0.15, -0.1) is 0 Å². The third kappa shape index (κ3) is 3.35. The lowest BCUT2D eigenvalue weighted by molar-refractivity contribution is 0.0282. The molecule has 4 nitrogen and oxygen atoms in total. The summed E-state index contributed by atoms with van der Waals surface area (Å²) in [4.78, 5) is 16.3. The van der Waals surface area contributed by atoms with Crippen molar-refractivity contribution in [1.82, 2.24) is 9.80 Å². The van der Waals surface area contributed by atoms with Crippen molar-refractivity contribution in [1.29, 1.82) is 0 Å². The molecule has 1 unspecified atom stereocenters. The zero-order valence-electron chi connectivity index (χ0n) is 11.2. The molecule has 4 heteroatoms. The van der Waals surface area contributed by atoms with E-state index < -0.39 is 0 Å². The summed E-state index contributed by atoms with van der Waals surface area (Å²) in [5, 5.41) is 0. The third-order valence-corrected chi connectivity index (χ3v) is 3.47. The summed E-state index contributed by atoms with van der Waals surface area (Å²) in [6.45, 7) is 9.83. The van der Waals surface area contributed by atoms with Gasteiger partial charge in [-0.1, -0.05) is 0 Å². The van der Waals surface area contributed by atoms with E-state index in [1.807, 2.05) is 25.7 Å². The molecule has 0 aromatic rings. The molecule has 0 N–H and O–H groups in total. The molecule has 0 spiro atoms. The summed E-state index contributed by atoms with van der Waals surface area (Å²) in [6.07, 6.45) is 3.56. The average molecular weight is 240 g/mol. The lowest BCUT2D eigenvalue weighted by Gasteiger charge is -2.26. The van der Waals surface area contributed by atoms with Crippen LogP contribution in [0.1, 0.15) is 40.0 Å². The van der Waals surface area contributed by atoms with Gasteiger partial charge in [0, 0.05) is 19.1 Å². The Hall–Kier alpha value is -0.770. The lowest BCUT2D eigenvalue weighted by atomic mass is 10.2. The summed E-state index contributed by atoms with van der Waals surface area (Å²) >= 11 is 0. The van der Waals surface area contributed by atoms with Crippen molar-refractivity contribution in [3.05, 3.63) is 0 Å². The molecular weight excluding hydrogens is 216 g/mol. The van der Waals surface area contributed by atoms with Crippen molar-refractivity contribution in [3.63, 3.8) is 0 Å². The molecule has 0 bridgehead atoms.